The Kier molecular flexibility index (Phi) is 6.53. The Morgan fingerprint density at radius 2 is 1.00 bits per heavy atom. The van der Waals surface area contributed by atoms with E-state index in [0.29, 0.717) is 10.2 Å². The first-order valence-electron chi connectivity index (χ1n) is 9.88. The molecule has 0 heterocycles. The summed E-state index contributed by atoms with van der Waals surface area (Å²) < 4.78 is 15.2. The first-order valence-corrected chi connectivity index (χ1v) is 12.4. The van der Waals surface area contributed by atoms with Crippen LogP contribution in [0.2, 0.25) is 0 Å². The van der Waals surface area contributed by atoms with Gasteiger partial charge in [-0.3, -0.25) is 0 Å². The lowest BCUT2D eigenvalue weighted by Crippen LogP contribution is -2.17. The average Bonchev–Trinajstić information content (AvgIpc) is 2.86. The Bertz CT molecular complexity index is 1220. The predicted octanol–water partition coefficient (Wildman–Crippen LogP) is 6.74. The lowest BCUT2D eigenvalue weighted by molar-refractivity contribution is 0.593. The van der Waals surface area contributed by atoms with Crippen molar-refractivity contribution in [3.63, 3.8) is 0 Å². The van der Waals surface area contributed by atoms with Crippen LogP contribution in [0.15, 0.2) is 121 Å². The highest BCUT2D eigenvalue weighted by Gasteiger charge is 2.35. The van der Waals surface area contributed by atoms with Crippen LogP contribution in [0.25, 0.3) is 10.2 Å². The molecule has 0 aliphatic carbocycles. The largest absolute Gasteiger partial charge is 0.309 e. The van der Waals surface area contributed by atoms with Gasteiger partial charge in [-0.1, -0.05) is 121 Å². The normalized spacial score (nSPS) is 12.0. The van der Waals surface area contributed by atoms with Crippen LogP contribution in [0.1, 0.15) is 11.1 Å². The van der Waals surface area contributed by atoms with Crippen LogP contribution in [0, 0.1) is 10.7 Å². The van der Waals surface area contributed by atoms with Crippen molar-refractivity contribution in [1.29, 1.82) is 5.26 Å². The maximum Gasteiger partial charge on any atom is 0.172 e. The van der Waals surface area contributed by atoms with E-state index >= 15 is 4.57 Å². The first kappa shape index (κ1) is 20.9. The average molecular weight is 438 g/mol. The van der Waals surface area contributed by atoms with E-state index in [2.05, 4.69) is 5.40 Å². The van der Waals surface area contributed by atoms with Crippen molar-refractivity contribution in [3.8, 4) is 5.40 Å². The fourth-order valence-electron chi connectivity index (χ4n) is 3.61. The summed E-state index contributed by atoms with van der Waals surface area (Å²) in [6.07, 6.45) is 0. The van der Waals surface area contributed by atoms with Crippen molar-refractivity contribution in [3.05, 3.63) is 132 Å². The van der Waals surface area contributed by atoms with Gasteiger partial charge in [-0.2, -0.15) is 5.26 Å². The summed E-state index contributed by atoms with van der Waals surface area (Å²) in [5, 5.41) is 14.1. The van der Waals surface area contributed by atoms with E-state index in [9.17, 15) is 5.26 Å². The summed E-state index contributed by atoms with van der Waals surface area (Å²) in [5.41, 5.74) is 1.72. The van der Waals surface area contributed by atoms with Crippen molar-refractivity contribution in [2.24, 2.45) is 0 Å². The van der Waals surface area contributed by atoms with E-state index in [-0.39, 0.29) is 0 Å². The van der Waals surface area contributed by atoms with Gasteiger partial charge in [-0.05, 0) is 22.9 Å². The van der Waals surface area contributed by atoms with Crippen LogP contribution in [-0.4, -0.2) is 0 Å². The molecule has 0 saturated heterocycles. The zero-order valence-corrected chi connectivity index (χ0v) is 18.5. The standard InChI is InChI=1S/C27H20NOPS/c28-21-31-27(23-15-7-2-8-16-23)26(22-13-5-1-6-14-22)30(29,24-17-9-3-10-18-24)25-19-11-4-12-20-25/h1-20H. The number of nitriles is 1. The maximum atomic E-state index is 15.2. The number of thiocyanates is 1. The molecule has 31 heavy (non-hydrogen) atoms. The molecule has 4 rings (SSSR count). The summed E-state index contributed by atoms with van der Waals surface area (Å²) in [6, 6.07) is 38.6. The molecular weight excluding hydrogens is 417 g/mol. The molecule has 0 fully saturated rings. The zero-order valence-electron chi connectivity index (χ0n) is 16.8. The van der Waals surface area contributed by atoms with Crippen LogP contribution in [-0.2, 0) is 4.57 Å². The molecule has 4 aromatic rings. The molecule has 4 aromatic carbocycles. The predicted molar refractivity (Wildman–Crippen MR) is 133 cm³/mol. The number of thioether (sulfide) groups is 1. The topological polar surface area (TPSA) is 40.9 Å². The summed E-state index contributed by atoms with van der Waals surface area (Å²) in [6.45, 7) is 0. The molecule has 0 N–H and O–H groups in total. The van der Waals surface area contributed by atoms with Gasteiger partial charge in [0.1, 0.15) is 5.40 Å². The van der Waals surface area contributed by atoms with E-state index in [1.807, 2.05) is 121 Å². The van der Waals surface area contributed by atoms with Gasteiger partial charge in [0.25, 0.3) is 0 Å². The quantitative estimate of drug-likeness (QED) is 0.191. The Balaban J connectivity index is 2.15. The van der Waals surface area contributed by atoms with Crippen LogP contribution < -0.4 is 10.6 Å². The number of nitrogens with zero attached hydrogens (tertiary/aromatic N) is 1. The zero-order chi connectivity index (χ0) is 21.5. The molecule has 0 aromatic heterocycles. The maximum absolute atomic E-state index is 15.2. The molecule has 2 nitrogen and oxygen atoms in total. The lowest BCUT2D eigenvalue weighted by Gasteiger charge is -2.25. The fraction of sp³-hybridized carbons (Fsp3) is 0. The molecule has 0 spiro atoms. The third-order valence-corrected chi connectivity index (χ3v) is 9.05. The van der Waals surface area contributed by atoms with E-state index in [4.69, 9.17) is 0 Å². The third kappa shape index (κ3) is 4.28. The molecule has 0 amide bonds. The fourth-order valence-corrected chi connectivity index (χ4v) is 7.62. The van der Waals surface area contributed by atoms with Gasteiger partial charge >= 0.3 is 0 Å². The Morgan fingerprint density at radius 1 is 0.613 bits per heavy atom. The number of hydrogen-bond acceptors (Lipinski definition) is 3. The van der Waals surface area contributed by atoms with Crippen LogP contribution in [0.3, 0.4) is 0 Å². The van der Waals surface area contributed by atoms with Gasteiger partial charge in [-0.15, -0.1) is 0 Å². The van der Waals surface area contributed by atoms with Crippen molar-refractivity contribution < 1.29 is 4.57 Å². The number of benzene rings is 4. The van der Waals surface area contributed by atoms with Gasteiger partial charge in [0.05, 0.1) is 0 Å². The van der Waals surface area contributed by atoms with Crippen molar-refractivity contribution in [2.75, 3.05) is 0 Å². The van der Waals surface area contributed by atoms with Gasteiger partial charge < -0.3 is 4.57 Å². The highest BCUT2D eigenvalue weighted by Crippen LogP contribution is 2.60. The summed E-state index contributed by atoms with van der Waals surface area (Å²) >= 11 is 1.06. The van der Waals surface area contributed by atoms with Crippen LogP contribution in [0.5, 0.6) is 0 Å². The molecule has 0 bridgehead atoms. The van der Waals surface area contributed by atoms with E-state index in [1.165, 1.54) is 0 Å². The molecule has 0 saturated carbocycles. The van der Waals surface area contributed by atoms with E-state index in [0.717, 1.165) is 33.5 Å². The molecule has 0 radical (unpaired) electrons. The van der Waals surface area contributed by atoms with Crippen molar-refractivity contribution in [1.82, 2.24) is 0 Å². The highest BCUT2D eigenvalue weighted by atomic mass is 32.2. The van der Waals surface area contributed by atoms with Crippen molar-refractivity contribution >= 4 is 39.7 Å². The Morgan fingerprint density at radius 3 is 1.42 bits per heavy atom. The minimum absolute atomic E-state index is 0.684. The second-order valence-corrected chi connectivity index (χ2v) is 10.4. The van der Waals surface area contributed by atoms with Crippen LogP contribution >= 0.6 is 18.9 Å². The third-order valence-electron chi connectivity index (χ3n) is 5.00. The highest BCUT2D eigenvalue weighted by molar-refractivity contribution is 8.13. The Labute approximate surface area is 187 Å². The minimum atomic E-state index is -3.30. The molecular formula is C27H20NOPS. The van der Waals surface area contributed by atoms with Crippen molar-refractivity contribution in [2.45, 2.75) is 0 Å². The SMILES string of the molecule is N#CSC(=C(c1ccccc1)P(=O)(c1ccccc1)c1ccccc1)c1ccccc1. The molecule has 4 heteroatoms. The van der Waals surface area contributed by atoms with E-state index in [1.54, 1.807) is 0 Å². The monoisotopic (exact) mass is 437 g/mol. The van der Waals surface area contributed by atoms with Crippen LogP contribution in [0.4, 0.5) is 0 Å². The van der Waals surface area contributed by atoms with Gasteiger partial charge in [0, 0.05) is 20.8 Å². The summed E-state index contributed by atoms with van der Waals surface area (Å²) in [5.74, 6) is 0. The van der Waals surface area contributed by atoms with E-state index < -0.39 is 7.14 Å². The molecule has 0 unspecified atom stereocenters. The molecule has 0 atom stereocenters. The minimum Gasteiger partial charge on any atom is -0.309 e. The first-order chi connectivity index (χ1) is 15.2. The molecule has 0 aliphatic rings. The van der Waals surface area contributed by atoms with Gasteiger partial charge in [-0.25, -0.2) is 0 Å². The second-order valence-electron chi connectivity index (χ2n) is 6.88. The summed E-state index contributed by atoms with van der Waals surface area (Å²) in [7, 11) is -3.30. The number of rotatable bonds is 6. The molecule has 0 aliphatic heterocycles. The van der Waals surface area contributed by atoms with Gasteiger partial charge in [0.15, 0.2) is 7.14 Å². The molecule has 150 valence electrons. The Hall–Kier alpha value is -3.31. The smallest absolute Gasteiger partial charge is 0.172 e. The lowest BCUT2D eigenvalue weighted by atomic mass is 10.1. The summed E-state index contributed by atoms with van der Waals surface area (Å²) in [4.78, 5) is 0.713. The van der Waals surface area contributed by atoms with Gasteiger partial charge in [0.2, 0.25) is 0 Å². The second kappa shape index (κ2) is 9.67. The number of hydrogen-bond donors (Lipinski definition) is 0.